The Labute approximate surface area is 135 Å². The first-order valence-corrected chi connectivity index (χ1v) is 7.68. The number of H-pyrrole nitrogens is 1. The van der Waals surface area contributed by atoms with Crippen molar-refractivity contribution in [1.29, 1.82) is 0 Å². The summed E-state index contributed by atoms with van der Waals surface area (Å²) in [4.78, 5) is 14.7. The van der Waals surface area contributed by atoms with Gasteiger partial charge in [0.15, 0.2) is 5.69 Å². The summed E-state index contributed by atoms with van der Waals surface area (Å²) in [6, 6.07) is 9.28. The van der Waals surface area contributed by atoms with E-state index in [-0.39, 0.29) is 18.3 Å². The van der Waals surface area contributed by atoms with E-state index in [1.54, 1.807) is 0 Å². The molecule has 5 nitrogen and oxygen atoms in total. The van der Waals surface area contributed by atoms with Crippen LogP contribution in [0.3, 0.4) is 0 Å². The highest BCUT2D eigenvalue weighted by Gasteiger charge is 2.37. The number of nitrogens with one attached hydrogen (secondary N) is 2. The van der Waals surface area contributed by atoms with Gasteiger partial charge in [0.1, 0.15) is 0 Å². The number of benzene rings is 1. The zero-order valence-electron chi connectivity index (χ0n) is 12.6. The van der Waals surface area contributed by atoms with Crippen LogP contribution in [0.2, 0.25) is 0 Å². The van der Waals surface area contributed by atoms with E-state index in [0.29, 0.717) is 23.8 Å². The molecule has 2 aliphatic rings. The Hall–Kier alpha value is -1.59. The highest BCUT2D eigenvalue weighted by Crippen LogP contribution is 2.30. The minimum Gasteiger partial charge on any atom is -0.337 e. The van der Waals surface area contributed by atoms with Crippen LogP contribution in [0, 0.1) is 0 Å². The number of hydrogen-bond donors (Lipinski definition) is 2. The molecule has 2 unspecified atom stereocenters. The summed E-state index contributed by atoms with van der Waals surface area (Å²) in [5.41, 5.74) is 1.46. The van der Waals surface area contributed by atoms with Crippen molar-refractivity contribution in [2.75, 3.05) is 7.05 Å². The van der Waals surface area contributed by atoms with Gasteiger partial charge in [-0.25, -0.2) is 0 Å². The number of piperidine rings is 1. The summed E-state index contributed by atoms with van der Waals surface area (Å²) in [6.45, 7) is 0. The molecule has 2 aliphatic heterocycles. The summed E-state index contributed by atoms with van der Waals surface area (Å²) in [7, 11) is 1.92. The van der Waals surface area contributed by atoms with Gasteiger partial charge >= 0.3 is 0 Å². The number of amides is 1. The summed E-state index contributed by atoms with van der Waals surface area (Å²) < 4.78 is 0. The lowest BCUT2D eigenvalue weighted by molar-refractivity contribution is 0.0677. The first kappa shape index (κ1) is 15.3. The minimum absolute atomic E-state index is 0. The number of aromatic amines is 1. The fraction of sp³-hybridized carbons (Fsp3) is 0.500. The van der Waals surface area contributed by atoms with Crippen molar-refractivity contribution >= 4 is 29.2 Å². The van der Waals surface area contributed by atoms with Gasteiger partial charge in [-0.05, 0) is 31.7 Å². The van der Waals surface area contributed by atoms with E-state index >= 15 is 0 Å². The van der Waals surface area contributed by atoms with Crippen LogP contribution < -0.4 is 5.32 Å². The minimum atomic E-state index is 0. The lowest BCUT2D eigenvalue weighted by atomic mass is 9.98. The maximum atomic E-state index is 12.8. The van der Waals surface area contributed by atoms with E-state index < -0.39 is 0 Å². The molecule has 0 spiro atoms. The van der Waals surface area contributed by atoms with E-state index in [4.69, 9.17) is 0 Å². The number of hydrogen-bond acceptors (Lipinski definition) is 3. The zero-order chi connectivity index (χ0) is 14.4. The van der Waals surface area contributed by atoms with Gasteiger partial charge in [-0.15, -0.1) is 12.4 Å². The maximum absolute atomic E-state index is 12.8. The van der Waals surface area contributed by atoms with Gasteiger partial charge in [0.2, 0.25) is 0 Å². The molecule has 0 radical (unpaired) electrons. The van der Waals surface area contributed by atoms with E-state index in [2.05, 4.69) is 15.5 Å². The van der Waals surface area contributed by atoms with Crippen molar-refractivity contribution in [2.24, 2.45) is 0 Å². The Morgan fingerprint density at radius 1 is 1.23 bits per heavy atom. The predicted molar refractivity (Wildman–Crippen MR) is 88.4 cm³/mol. The molecule has 2 atom stereocenters. The second-order valence-corrected chi connectivity index (χ2v) is 6.30. The van der Waals surface area contributed by atoms with Crippen LogP contribution in [0.1, 0.15) is 36.2 Å². The lowest BCUT2D eigenvalue weighted by Gasteiger charge is -2.35. The molecule has 118 valence electrons. The molecule has 1 aromatic heterocycles. The molecule has 2 saturated heterocycles. The first-order chi connectivity index (χ1) is 10.2. The van der Waals surface area contributed by atoms with Gasteiger partial charge in [0, 0.05) is 30.6 Å². The first-order valence-electron chi connectivity index (χ1n) is 7.68. The van der Waals surface area contributed by atoms with Crippen LogP contribution >= 0.6 is 12.4 Å². The SMILES string of the molecule is CN(C(=O)c1n[nH]c2ccccc12)C1CC2CCC(C1)N2.Cl. The number of para-hydroxylation sites is 1. The van der Waals surface area contributed by atoms with Crippen LogP contribution in [0.4, 0.5) is 0 Å². The van der Waals surface area contributed by atoms with Gasteiger partial charge in [0.05, 0.1) is 5.52 Å². The Balaban J connectivity index is 0.00000144. The molecule has 3 heterocycles. The van der Waals surface area contributed by atoms with Crippen LogP contribution in [-0.4, -0.2) is 46.2 Å². The molecule has 1 aromatic carbocycles. The average molecular weight is 321 g/mol. The normalized spacial score (nSPS) is 26.7. The van der Waals surface area contributed by atoms with Crippen molar-refractivity contribution in [2.45, 2.75) is 43.8 Å². The lowest BCUT2D eigenvalue weighted by Crippen LogP contribution is -2.48. The zero-order valence-corrected chi connectivity index (χ0v) is 13.4. The second kappa shape index (κ2) is 5.89. The maximum Gasteiger partial charge on any atom is 0.274 e. The van der Waals surface area contributed by atoms with Gasteiger partial charge in [-0.1, -0.05) is 18.2 Å². The third kappa shape index (κ3) is 2.48. The monoisotopic (exact) mass is 320 g/mol. The summed E-state index contributed by atoms with van der Waals surface area (Å²) >= 11 is 0. The van der Waals surface area contributed by atoms with Crippen molar-refractivity contribution in [3.63, 3.8) is 0 Å². The molecule has 4 rings (SSSR count). The number of carbonyl (C=O) groups excluding carboxylic acids is 1. The Kier molecular flexibility index (Phi) is 4.10. The van der Waals surface area contributed by atoms with Crippen molar-refractivity contribution < 1.29 is 4.79 Å². The van der Waals surface area contributed by atoms with Gasteiger partial charge < -0.3 is 10.2 Å². The second-order valence-electron chi connectivity index (χ2n) is 6.30. The Morgan fingerprint density at radius 2 is 1.91 bits per heavy atom. The average Bonchev–Trinajstić information content (AvgIpc) is 3.09. The molecular formula is C16H21ClN4O. The molecule has 0 saturated carbocycles. The third-order valence-corrected chi connectivity index (χ3v) is 4.99. The fourth-order valence-electron chi connectivity index (χ4n) is 3.80. The summed E-state index contributed by atoms with van der Waals surface area (Å²) in [6.07, 6.45) is 4.60. The largest absolute Gasteiger partial charge is 0.337 e. The predicted octanol–water partition coefficient (Wildman–Crippen LogP) is 2.34. The van der Waals surface area contributed by atoms with E-state index in [1.807, 2.05) is 36.2 Å². The molecule has 6 heteroatoms. The van der Waals surface area contributed by atoms with Crippen LogP contribution in [0.5, 0.6) is 0 Å². The molecule has 2 N–H and O–H groups in total. The highest BCUT2D eigenvalue weighted by molar-refractivity contribution is 6.04. The van der Waals surface area contributed by atoms with Gasteiger partial charge in [-0.3, -0.25) is 9.89 Å². The van der Waals surface area contributed by atoms with Crippen LogP contribution in [0.25, 0.3) is 10.9 Å². The quantitative estimate of drug-likeness (QED) is 0.893. The standard InChI is InChI=1S/C16H20N4O.ClH/c1-20(12-8-10-6-7-11(9-12)17-10)16(21)15-13-4-2-3-5-14(13)18-19-15;/h2-5,10-12,17H,6-9H2,1H3,(H,18,19);1H. The van der Waals surface area contributed by atoms with Gasteiger partial charge in [0.25, 0.3) is 5.91 Å². The Bertz CT molecular complexity index is 674. The molecule has 2 bridgehead atoms. The van der Waals surface area contributed by atoms with E-state index in [1.165, 1.54) is 12.8 Å². The molecule has 22 heavy (non-hydrogen) atoms. The fourth-order valence-corrected chi connectivity index (χ4v) is 3.80. The molecule has 2 aromatic rings. The number of aromatic nitrogens is 2. The Morgan fingerprint density at radius 3 is 2.64 bits per heavy atom. The highest BCUT2D eigenvalue weighted by atomic mass is 35.5. The molecular weight excluding hydrogens is 300 g/mol. The van der Waals surface area contributed by atoms with E-state index in [9.17, 15) is 4.79 Å². The third-order valence-electron chi connectivity index (χ3n) is 4.99. The number of rotatable bonds is 2. The van der Waals surface area contributed by atoms with E-state index in [0.717, 1.165) is 23.7 Å². The molecule has 2 fully saturated rings. The number of carbonyl (C=O) groups is 1. The molecule has 1 amide bonds. The van der Waals surface area contributed by atoms with Crippen molar-refractivity contribution in [3.8, 4) is 0 Å². The van der Waals surface area contributed by atoms with Crippen LogP contribution in [0.15, 0.2) is 24.3 Å². The molecule has 0 aliphatic carbocycles. The number of halogens is 1. The van der Waals surface area contributed by atoms with Crippen LogP contribution in [-0.2, 0) is 0 Å². The smallest absolute Gasteiger partial charge is 0.274 e. The number of fused-ring (bicyclic) bond motifs is 3. The van der Waals surface area contributed by atoms with Gasteiger partial charge in [-0.2, -0.15) is 5.10 Å². The van der Waals surface area contributed by atoms with Crippen molar-refractivity contribution in [1.82, 2.24) is 20.4 Å². The number of nitrogens with zero attached hydrogens (tertiary/aromatic N) is 2. The van der Waals surface area contributed by atoms with Crippen molar-refractivity contribution in [3.05, 3.63) is 30.0 Å². The topological polar surface area (TPSA) is 61.0 Å². The summed E-state index contributed by atoms with van der Waals surface area (Å²) in [5, 5.41) is 11.7. The summed E-state index contributed by atoms with van der Waals surface area (Å²) in [5.74, 6) is 0.0266.